The second-order valence-electron chi connectivity index (χ2n) is 4.39. The van der Waals surface area contributed by atoms with Crippen LogP contribution in [0.2, 0.25) is 0 Å². The van der Waals surface area contributed by atoms with Gasteiger partial charge < -0.3 is 18.9 Å². The lowest BCUT2D eigenvalue weighted by Gasteiger charge is -2.21. The van der Waals surface area contributed by atoms with Crippen LogP contribution in [0.25, 0.3) is 0 Å². The molecule has 19 heavy (non-hydrogen) atoms. The first-order chi connectivity index (χ1) is 9.24. The van der Waals surface area contributed by atoms with Crippen LogP contribution in [0.4, 0.5) is 0 Å². The smallest absolute Gasteiger partial charge is 0.252 e. The average molecular weight is 269 g/mol. The van der Waals surface area contributed by atoms with Gasteiger partial charge in [-0.25, -0.2) is 0 Å². The minimum absolute atomic E-state index is 0.00788. The molecule has 0 unspecified atom stereocenters. The maximum absolute atomic E-state index is 12.2. The van der Waals surface area contributed by atoms with E-state index in [2.05, 4.69) is 10.1 Å². The van der Waals surface area contributed by atoms with E-state index in [-0.39, 0.29) is 12.0 Å². The number of nitrogens with zero attached hydrogens (tertiary/aromatic N) is 3. The Kier molecular flexibility index (Phi) is 4.86. The third kappa shape index (κ3) is 3.51. The third-order valence-corrected chi connectivity index (χ3v) is 3.01. The molecule has 1 aliphatic heterocycles. The Morgan fingerprint density at radius 3 is 3.05 bits per heavy atom. The highest BCUT2D eigenvalue weighted by molar-refractivity contribution is 5.81. The monoisotopic (exact) mass is 269 g/mol. The first-order valence-corrected chi connectivity index (χ1v) is 6.45. The topological polar surface area (TPSA) is 77.7 Å². The molecule has 0 bridgehead atoms. The van der Waals surface area contributed by atoms with Crippen LogP contribution in [0.3, 0.4) is 0 Å². The van der Waals surface area contributed by atoms with Crippen LogP contribution < -0.4 is 0 Å². The number of carbonyl (C=O) groups is 1. The van der Waals surface area contributed by atoms with Crippen LogP contribution in [0, 0.1) is 0 Å². The molecule has 0 spiro atoms. The lowest BCUT2D eigenvalue weighted by molar-refractivity contribution is -0.141. The Labute approximate surface area is 111 Å². The molecule has 2 rings (SSSR count). The number of carbonyl (C=O) groups excluding carboxylic acids is 1. The number of amides is 1. The van der Waals surface area contributed by atoms with Gasteiger partial charge >= 0.3 is 0 Å². The minimum atomic E-state index is -0.318. The molecule has 1 fully saturated rings. The fourth-order valence-corrected chi connectivity index (χ4v) is 2.03. The fourth-order valence-electron chi connectivity index (χ4n) is 2.03. The quantitative estimate of drug-likeness (QED) is 0.758. The Bertz CT molecular complexity index is 415. The van der Waals surface area contributed by atoms with Crippen molar-refractivity contribution < 1.29 is 18.8 Å². The molecule has 1 aromatic heterocycles. The summed E-state index contributed by atoms with van der Waals surface area (Å²) in [7, 11) is 1.56. The van der Waals surface area contributed by atoms with E-state index in [9.17, 15) is 4.79 Å². The van der Waals surface area contributed by atoms with E-state index in [1.807, 2.05) is 6.92 Å². The molecule has 1 saturated heterocycles. The van der Waals surface area contributed by atoms with E-state index in [1.165, 1.54) is 0 Å². The highest BCUT2D eigenvalue weighted by Crippen LogP contribution is 2.16. The van der Waals surface area contributed by atoms with Crippen molar-refractivity contribution in [3.63, 3.8) is 0 Å². The summed E-state index contributed by atoms with van der Waals surface area (Å²) in [4.78, 5) is 18.0. The second kappa shape index (κ2) is 6.63. The predicted molar refractivity (Wildman–Crippen MR) is 65.1 cm³/mol. The number of methoxy groups -OCH3 is 1. The Balaban J connectivity index is 1.95. The maximum atomic E-state index is 12.2. The molecule has 0 aliphatic carbocycles. The number of hydrogen-bond donors (Lipinski definition) is 0. The standard InChI is InChI=1S/C12H19N3O4/c1-3-15(12(16)9-5-4-6-18-9)7-11-13-10(8-17-2)14-19-11/h9H,3-8H2,1-2H3/t9-/m1/s1. The van der Waals surface area contributed by atoms with Gasteiger partial charge in [-0.05, 0) is 19.8 Å². The molecule has 1 amide bonds. The SMILES string of the molecule is CCN(Cc1nc(COC)no1)C(=O)[C@H]1CCCO1. The molecule has 1 aromatic rings. The van der Waals surface area contributed by atoms with E-state index in [4.69, 9.17) is 14.0 Å². The van der Waals surface area contributed by atoms with Crippen LogP contribution in [-0.2, 0) is 27.4 Å². The summed E-state index contributed by atoms with van der Waals surface area (Å²) in [5.74, 6) is 0.893. The molecular weight excluding hydrogens is 250 g/mol. The van der Waals surface area contributed by atoms with Gasteiger partial charge in [0.05, 0.1) is 0 Å². The molecule has 1 aliphatic rings. The number of rotatable bonds is 6. The summed E-state index contributed by atoms with van der Waals surface area (Å²) in [6, 6.07) is 0. The van der Waals surface area contributed by atoms with Gasteiger partial charge in [-0.1, -0.05) is 5.16 Å². The van der Waals surface area contributed by atoms with E-state index in [0.717, 1.165) is 12.8 Å². The van der Waals surface area contributed by atoms with Gasteiger partial charge in [-0.2, -0.15) is 4.98 Å². The summed E-state index contributed by atoms with van der Waals surface area (Å²) >= 11 is 0. The Morgan fingerprint density at radius 2 is 2.42 bits per heavy atom. The zero-order valence-corrected chi connectivity index (χ0v) is 11.3. The molecule has 106 valence electrons. The molecular formula is C12H19N3O4. The summed E-state index contributed by atoms with van der Waals surface area (Å²) in [5, 5.41) is 3.77. The van der Waals surface area contributed by atoms with Gasteiger partial charge in [0.25, 0.3) is 5.91 Å². The van der Waals surface area contributed by atoms with Crippen LogP contribution in [0.15, 0.2) is 4.52 Å². The van der Waals surface area contributed by atoms with E-state index < -0.39 is 0 Å². The first kappa shape index (κ1) is 14.0. The molecule has 0 N–H and O–H groups in total. The molecule has 7 nitrogen and oxygen atoms in total. The van der Waals surface area contributed by atoms with E-state index in [0.29, 0.717) is 38.0 Å². The van der Waals surface area contributed by atoms with Crippen LogP contribution in [0.1, 0.15) is 31.5 Å². The third-order valence-electron chi connectivity index (χ3n) is 3.01. The summed E-state index contributed by atoms with van der Waals surface area (Å²) in [5.41, 5.74) is 0. The average Bonchev–Trinajstić information content (AvgIpc) is 3.07. The number of hydrogen-bond acceptors (Lipinski definition) is 6. The van der Waals surface area contributed by atoms with Crippen LogP contribution in [-0.4, -0.2) is 47.3 Å². The maximum Gasteiger partial charge on any atom is 0.252 e. The summed E-state index contributed by atoms with van der Waals surface area (Å²) in [6.45, 7) is 3.77. The molecule has 0 saturated carbocycles. The minimum Gasteiger partial charge on any atom is -0.377 e. The first-order valence-electron chi connectivity index (χ1n) is 6.45. The van der Waals surface area contributed by atoms with Crippen LogP contribution >= 0.6 is 0 Å². The van der Waals surface area contributed by atoms with Crippen molar-refractivity contribution in [1.82, 2.24) is 15.0 Å². The van der Waals surface area contributed by atoms with Crippen molar-refractivity contribution in [2.75, 3.05) is 20.3 Å². The highest BCUT2D eigenvalue weighted by Gasteiger charge is 2.28. The van der Waals surface area contributed by atoms with E-state index >= 15 is 0 Å². The number of likely N-dealkylation sites (N-methyl/N-ethyl adjacent to an activating group) is 1. The van der Waals surface area contributed by atoms with Crippen molar-refractivity contribution in [3.8, 4) is 0 Å². The molecule has 0 aromatic carbocycles. The second-order valence-corrected chi connectivity index (χ2v) is 4.39. The van der Waals surface area contributed by atoms with Crippen molar-refractivity contribution in [2.24, 2.45) is 0 Å². The van der Waals surface area contributed by atoms with Gasteiger partial charge in [-0.3, -0.25) is 4.79 Å². The fraction of sp³-hybridized carbons (Fsp3) is 0.750. The molecule has 1 atom stereocenters. The van der Waals surface area contributed by atoms with Gasteiger partial charge in [-0.15, -0.1) is 0 Å². The van der Waals surface area contributed by atoms with Crippen molar-refractivity contribution in [1.29, 1.82) is 0 Å². The van der Waals surface area contributed by atoms with Crippen LogP contribution in [0.5, 0.6) is 0 Å². The van der Waals surface area contributed by atoms with E-state index in [1.54, 1.807) is 12.0 Å². The van der Waals surface area contributed by atoms with Gasteiger partial charge in [0.2, 0.25) is 5.89 Å². The van der Waals surface area contributed by atoms with Gasteiger partial charge in [0.15, 0.2) is 5.82 Å². The lowest BCUT2D eigenvalue weighted by atomic mass is 10.2. The highest BCUT2D eigenvalue weighted by atomic mass is 16.5. The number of ether oxygens (including phenoxy) is 2. The normalized spacial score (nSPS) is 18.7. The van der Waals surface area contributed by atoms with Crippen molar-refractivity contribution in [3.05, 3.63) is 11.7 Å². The molecule has 7 heteroatoms. The summed E-state index contributed by atoms with van der Waals surface area (Å²) < 4.78 is 15.4. The number of aromatic nitrogens is 2. The molecule has 0 radical (unpaired) electrons. The predicted octanol–water partition coefficient (Wildman–Crippen LogP) is 0.743. The largest absolute Gasteiger partial charge is 0.377 e. The lowest BCUT2D eigenvalue weighted by Crippen LogP contribution is -2.38. The van der Waals surface area contributed by atoms with Gasteiger partial charge in [0, 0.05) is 20.3 Å². The van der Waals surface area contributed by atoms with Crippen molar-refractivity contribution >= 4 is 5.91 Å². The Morgan fingerprint density at radius 1 is 1.58 bits per heavy atom. The zero-order chi connectivity index (χ0) is 13.7. The molecule has 2 heterocycles. The Hall–Kier alpha value is -1.47. The van der Waals surface area contributed by atoms with Crippen molar-refractivity contribution in [2.45, 2.75) is 39.0 Å². The summed E-state index contributed by atoms with van der Waals surface area (Å²) in [6.07, 6.45) is 1.40. The zero-order valence-electron chi connectivity index (χ0n) is 11.3. The van der Waals surface area contributed by atoms with Gasteiger partial charge in [0.1, 0.15) is 19.3 Å².